The Labute approximate surface area is 141 Å². The summed E-state index contributed by atoms with van der Waals surface area (Å²) in [6.45, 7) is 2.51. The van der Waals surface area contributed by atoms with Crippen LogP contribution in [0.25, 0.3) is 22.2 Å². The fourth-order valence-electron chi connectivity index (χ4n) is 2.40. The van der Waals surface area contributed by atoms with Gasteiger partial charge in [-0.3, -0.25) is 0 Å². The van der Waals surface area contributed by atoms with Gasteiger partial charge < -0.3 is 14.6 Å². The van der Waals surface area contributed by atoms with Crippen molar-refractivity contribution in [3.8, 4) is 17.0 Å². The third kappa shape index (κ3) is 3.19. The molecule has 0 atom stereocenters. The van der Waals surface area contributed by atoms with Crippen molar-refractivity contribution in [3.05, 3.63) is 58.6 Å². The van der Waals surface area contributed by atoms with Crippen molar-refractivity contribution in [2.45, 2.75) is 6.92 Å². The Morgan fingerprint density at radius 1 is 1.17 bits per heavy atom. The van der Waals surface area contributed by atoms with E-state index in [1.165, 1.54) is 0 Å². The second-order valence-corrected chi connectivity index (χ2v) is 5.88. The van der Waals surface area contributed by atoms with Crippen LogP contribution in [0.4, 0.5) is 0 Å². The molecule has 116 valence electrons. The predicted octanol–water partition coefficient (Wildman–Crippen LogP) is 3.43. The number of aromatic carboxylic acids is 1. The number of carboxylic acids is 1. The van der Waals surface area contributed by atoms with Crippen molar-refractivity contribution in [1.82, 2.24) is 4.98 Å². The quantitative estimate of drug-likeness (QED) is 0.705. The Morgan fingerprint density at radius 2 is 1.91 bits per heavy atom. The van der Waals surface area contributed by atoms with Gasteiger partial charge >= 0.3 is 0 Å². The second-order valence-electron chi connectivity index (χ2n) is 4.96. The van der Waals surface area contributed by atoms with Gasteiger partial charge in [-0.2, -0.15) is 0 Å². The van der Waals surface area contributed by atoms with Crippen LogP contribution in [0.5, 0.6) is 5.75 Å². The van der Waals surface area contributed by atoms with Gasteiger partial charge in [0.1, 0.15) is 5.75 Å². The number of ether oxygens (including phenoxy) is 1. The normalized spacial score (nSPS) is 10.7. The average Bonchev–Trinajstić information content (AvgIpc) is 2.55. The van der Waals surface area contributed by atoms with Crippen molar-refractivity contribution >= 4 is 32.8 Å². The summed E-state index contributed by atoms with van der Waals surface area (Å²) >= 11 is 3.35. The summed E-state index contributed by atoms with van der Waals surface area (Å²) in [5, 5.41) is 12.0. The molecule has 1 heterocycles. The lowest BCUT2D eigenvalue weighted by Crippen LogP contribution is -2.22. The van der Waals surface area contributed by atoms with E-state index in [4.69, 9.17) is 4.74 Å². The number of aromatic nitrogens is 1. The molecule has 4 nitrogen and oxygen atoms in total. The maximum atomic E-state index is 11.5. The van der Waals surface area contributed by atoms with Crippen molar-refractivity contribution in [2.24, 2.45) is 0 Å². The largest absolute Gasteiger partial charge is 0.545 e. The first-order chi connectivity index (χ1) is 11.1. The molecule has 0 unspecified atom stereocenters. The highest BCUT2D eigenvalue weighted by atomic mass is 79.9. The molecule has 0 fully saturated rings. The number of hydrogen-bond donors (Lipinski definition) is 0. The van der Waals surface area contributed by atoms with Gasteiger partial charge in [-0.25, -0.2) is 4.98 Å². The standard InChI is InChI=1S/C18H14BrNO3/c1-2-23-13-6-3-11(4-7-13)17-10-15(18(21)22)14-9-12(19)5-8-16(14)20-17/h3-10H,2H2,1H3,(H,21,22)/p-1. The maximum absolute atomic E-state index is 11.5. The van der Waals surface area contributed by atoms with Crippen LogP contribution >= 0.6 is 15.9 Å². The zero-order valence-corrected chi connectivity index (χ0v) is 14.0. The molecule has 1 aromatic heterocycles. The van der Waals surface area contributed by atoms with E-state index in [1.807, 2.05) is 37.3 Å². The number of benzene rings is 2. The van der Waals surface area contributed by atoms with Gasteiger partial charge in [0, 0.05) is 21.0 Å². The molecule has 0 spiro atoms. The first kappa shape index (κ1) is 15.5. The molecule has 23 heavy (non-hydrogen) atoms. The SMILES string of the molecule is CCOc1ccc(-c2cc(C(=O)[O-])c3cc(Br)ccc3n2)cc1. The molecular formula is C18H13BrNO3-. The third-order valence-electron chi connectivity index (χ3n) is 3.45. The Kier molecular flexibility index (Phi) is 4.30. The van der Waals surface area contributed by atoms with Crippen LogP contribution in [-0.2, 0) is 0 Å². The summed E-state index contributed by atoms with van der Waals surface area (Å²) in [7, 11) is 0. The maximum Gasteiger partial charge on any atom is 0.119 e. The minimum absolute atomic E-state index is 0.125. The predicted molar refractivity (Wildman–Crippen MR) is 90.4 cm³/mol. The Bertz CT molecular complexity index is 875. The van der Waals surface area contributed by atoms with E-state index in [-0.39, 0.29) is 5.56 Å². The van der Waals surface area contributed by atoms with Crippen LogP contribution in [0.1, 0.15) is 17.3 Å². The molecule has 0 bridgehead atoms. The van der Waals surface area contributed by atoms with Gasteiger partial charge in [-0.1, -0.05) is 15.9 Å². The van der Waals surface area contributed by atoms with Crippen LogP contribution in [0, 0.1) is 0 Å². The van der Waals surface area contributed by atoms with E-state index in [0.29, 0.717) is 23.2 Å². The van der Waals surface area contributed by atoms with Gasteiger partial charge in [0.05, 0.1) is 23.8 Å². The number of carbonyl (C=O) groups is 1. The molecule has 0 aliphatic rings. The van der Waals surface area contributed by atoms with Gasteiger partial charge in [0.2, 0.25) is 0 Å². The van der Waals surface area contributed by atoms with E-state index < -0.39 is 5.97 Å². The molecule has 0 N–H and O–H groups in total. The minimum Gasteiger partial charge on any atom is -0.545 e. The zero-order chi connectivity index (χ0) is 16.4. The van der Waals surface area contributed by atoms with Crippen LogP contribution in [0.2, 0.25) is 0 Å². The zero-order valence-electron chi connectivity index (χ0n) is 12.4. The molecule has 2 aromatic carbocycles. The number of carboxylic acid groups (broad SMARTS) is 1. The second kappa shape index (κ2) is 6.38. The molecule has 5 heteroatoms. The summed E-state index contributed by atoms with van der Waals surface area (Å²) in [5.41, 5.74) is 2.14. The number of hydrogen-bond acceptors (Lipinski definition) is 4. The van der Waals surface area contributed by atoms with Gasteiger partial charge in [0.25, 0.3) is 0 Å². The Balaban J connectivity index is 2.14. The van der Waals surface area contributed by atoms with Crippen molar-refractivity contribution < 1.29 is 14.6 Å². The fraction of sp³-hybridized carbons (Fsp3) is 0.111. The smallest absolute Gasteiger partial charge is 0.119 e. The molecule has 0 radical (unpaired) electrons. The topological polar surface area (TPSA) is 62.2 Å². The molecule has 0 saturated heterocycles. The van der Waals surface area contributed by atoms with Crippen LogP contribution < -0.4 is 9.84 Å². The summed E-state index contributed by atoms with van der Waals surface area (Å²) in [6.07, 6.45) is 0. The molecule has 3 aromatic rings. The van der Waals surface area contributed by atoms with E-state index >= 15 is 0 Å². The van der Waals surface area contributed by atoms with Crippen LogP contribution in [0.3, 0.4) is 0 Å². The van der Waals surface area contributed by atoms with Crippen molar-refractivity contribution in [2.75, 3.05) is 6.61 Å². The first-order valence-electron chi connectivity index (χ1n) is 7.13. The van der Waals surface area contributed by atoms with Crippen LogP contribution in [-0.4, -0.2) is 17.6 Å². The molecule has 0 aliphatic carbocycles. The lowest BCUT2D eigenvalue weighted by atomic mass is 10.0. The molecule has 0 saturated carbocycles. The molecule has 0 amide bonds. The third-order valence-corrected chi connectivity index (χ3v) is 3.94. The van der Waals surface area contributed by atoms with Gasteiger partial charge in [-0.05, 0) is 55.5 Å². The monoisotopic (exact) mass is 370 g/mol. The minimum atomic E-state index is -1.22. The van der Waals surface area contributed by atoms with Crippen molar-refractivity contribution in [1.29, 1.82) is 0 Å². The van der Waals surface area contributed by atoms with E-state index in [2.05, 4.69) is 20.9 Å². The number of carbonyl (C=O) groups excluding carboxylic acids is 1. The Hall–Kier alpha value is -2.40. The van der Waals surface area contributed by atoms with E-state index in [1.54, 1.807) is 18.2 Å². The molecule has 0 aliphatic heterocycles. The summed E-state index contributed by atoms with van der Waals surface area (Å²) in [6, 6.07) is 14.3. The first-order valence-corrected chi connectivity index (χ1v) is 7.92. The fourth-order valence-corrected chi connectivity index (χ4v) is 2.76. The highest BCUT2D eigenvalue weighted by Crippen LogP contribution is 2.28. The summed E-state index contributed by atoms with van der Waals surface area (Å²) in [5.74, 6) is -0.455. The van der Waals surface area contributed by atoms with E-state index in [0.717, 1.165) is 15.8 Å². The number of rotatable bonds is 4. The number of halogens is 1. The highest BCUT2D eigenvalue weighted by Gasteiger charge is 2.09. The van der Waals surface area contributed by atoms with Crippen molar-refractivity contribution in [3.63, 3.8) is 0 Å². The number of nitrogens with zero attached hydrogens (tertiary/aromatic N) is 1. The average molecular weight is 371 g/mol. The lowest BCUT2D eigenvalue weighted by Gasteiger charge is -2.11. The Morgan fingerprint density at radius 3 is 2.57 bits per heavy atom. The molecular weight excluding hydrogens is 358 g/mol. The van der Waals surface area contributed by atoms with Crippen LogP contribution in [0.15, 0.2) is 53.0 Å². The van der Waals surface area contributed by atoms with Gasteiger partial charge in [0.15, 0.2) is 0 Å². The number of pyridine rings is 1. The van der Waals surface area contributed by atoms with Gasteiger partial charge in [-0.15, -0.1) is 0 Å². The number of fused-ring (bicyclic) bond motifs is 1. The summed E-state index contributed by atoms with van der Waals surface area (Å²) in [4.78, 5) is 16.0. The van der Waals surface area contributed by atoms with E-state index in [9.17, 15) is 9.90 Å². The lowest BCUT2D eigenvalue weighted by molar-refractivity contribution is -0.254. The molecule has 3 rings (SSSR count). The summed E-state index contributed by atoms with van der Waals surface area (Å²) < 4.78 is 6.21. The highest BCUT2D eigenvalue weighted by molar-refractivity contribution is 9.10.